The standard InChI is InChI=1S/C21H21N3O4S/c1-27-15-7-9-19(28-2)17(12-15)18-8-10-21(26)24(23-18)13-20(25)22-14-5-4-6-16(11-14)29-3/h4-12H,13H2,1-3H3,(H,22,25). The number of methoxy groups -OCH3 is 2. The summed E-state index contributed by atoms with van der Waals surface area (Å²) < 4.78 is 11.8. The largest absolute Gasteiger partial charge is 0.497 e. The number of nitrogens with zero attached hydrogens (tertiary/aromatic N) is 2. The third-order valence-corrected chi connectivity index (χ3v) is 4.92. The highest BCUT2D eigenvalue weighted by Crippen LogP contribution is 2.31. The molecule has 0 unspecified atom stereocenters. The van der Waals surface area contributed by atoms with Gasteiger partial charge in [0.25, 0.3) is 5.56 Å². The van der Waals surface area contributed by atoms with Gasteiger partial charge in [-0.1, -0.05) is 6.07 Å². The molecule has 0 bridgehead atoms. The van der Waals surface area contributed by atoms with E-state index in [1.54, 1.807) is 56.3 Å². The predicted octanol–water partition coefficient (Wildman–Crippen LogP) is 3.29. The Morgan fingerprint density at radius 2 is 1.93 bits per heavy atom. The normalized spacial score (nSPS) is 10.4. The Labute approximate surface area is 172 Å². The summed E-state index contributed by atoms with van der Waals surface area (Å²) in [5, 5.41) is 7.14. The molecule has 0 fully saturated rings. The van der Waals surface area contributed by atoms with E-state index in [1.165, 1.54) is 6.07 Å². The highest BCUT2D eigenvalue weighted by Gasteiger charge is 2.13. The number of hydrogen-bond acceptors (Lipinski definition) is 6. The van der Waals surface area contributed by atoms with E-state index >= 15 is 0 Å². The lowest BCUT2D eigenvalue weighted by molar-refractivity contribution is -0.117. The summed E-state index contributed by atoms with van der Waals surface area (Å²) >= 11 is 1.58. The van der Waals surface area contributed by atoms with Gasteiger partial charge in [-0.2, -0.15) is 5.10 Å². The highest BCUT2D eigenvalue weighted by atomic mass is 32.2. The summed E-state index contributed by atoms with van der Waals surface area (Å²) in [5.41, 5.74) is 1.45. The molecule has 8 heteroatoms. The van der Waals surface area contributed by atoms with Crippen LogP contribution in [0.1, 0.15) is 0 Å². The Kier molecular flexibility index (Phi) is 6.56. The van der Waals surface area contributed by atoms with E-state index in [9.17, 15) is 9.59 Å². The molecule has 1 amide bonds. The van der Waals surface area contributed by atoms with Gasteiger partial charge in [0, 0.05) is 22.2 Å². The Morgan fingerprint density at radius 1 is 1.10 bits per heavy atom. The number of nitrogens with one attached hydrogen (secondary N) is 1. The third-order valence-electron chi connectivity index (χ3n) is 4.20. The fourth-order valence-corrected chi connectivity index (χ4v) is 3.22. The van der Waals surface area contributed by atoms with Crippen LogP contribution in [0.2, 0.25) is 0 Å². The van der Waals surface area contributed by atoms with Crippen LogP contribution in [-0.4, -0.2) is 36.2 Å². The maximum atomic E-state index is 12.4. The smallest absolute Gasteiger partial charge is 0.267 e. The van der Waals surface area contributed by atoms with E-state index in [-0.39, 0.29) is 18.0 Å². The molecule has 7 nitrogen and oxygen atoms in total. The number of aromatic nitrogens is 2. The fourth-order valence-electron chi connectivity index (χ4n) is 2.76. The SMILES string of the molecule is COc1ccc(OC)c(-c2ccc(=O)n(CC(=O)Nc3cccc(SC)c3)n2)c1. The molecule has 1 aromatic heterocycles. The molecule has 0 saturated heterocycles. The molecule has 3 rings (SSSR count). The third kappa shape index (κ3) is 4.97. The Balaban J connectivity index is 1.86. The van der Waals surface area contributed by atoms with Crippen molar-refractivity contribution in [2.24, 2.45) is 0 Å². The highest BCUT2D eigenvalue weighted by molar-refractivity contribution is 7.98. The molecule has 29 heavy (non-hydrogen) atoms. The number of benzene rings is 2. The molecule has 1 heterocycles. The number of anilines is 1. The van der Waals surface area contributed by atoms with Gasteiger partial charge in [-0.05, 0) is 48.7 Å². The van der Waals surface area contributed by atoms with Crippen LogP contribution in [0.5, 0.6) is 11.5 Å². The first-order valence-corrected chi connectivity index (χ1v) is 10.0. The van der Waals surface area contributed by atoms with Gasteiger partial charge in [0.05, 0.1) is 19.9 Å². The number of ether oxygens (including phenoxy) is 2. The summed E-state index contributed by atoms with van der Waals surface area (Å²) in [4.78, 5) is 25.7. The van der Waals surface area contributed by atoms with Crippen molar-refractivity contribution in [1.29, 1.82) is 0 Å². The zero-order valence-electron chi connectivity index (χ0n) is 16.3. The van der Waals surface area contributed by atoms with Gasteiger partial charge in [0.2, 0.25) is 5.91 Å². The molecular formula is C21H21N3O4S. The van der Waals surface area contributed by atoms with Crippen molar-refractivity contribution in [2.75, 3.05) is 25.8 Å². The summed E-state index contributed by atoms with van der Waals surface area (Å²) in [6.07, 6.45) is 1.96. The van der Waals surface area contributed by atoms with Crippen molar-refractivity contribution in [2.45, 2.75) is 11.4 Å². The Morgan fingerprint density at radius 3 is 2.66 bits per heavy atom. The molecule has 150 valence electrons. The van der Waals surface area contributed by atoms with Crippen LogP contribution in [0.3, 0.4) is 0 Å². The second kappa shape index (κ2) is 9.29. The minimum Gasteiger partial charge on any atom is -0.497 e. The van der Waals surface area contributed by atoms with Crippen molar-refractivity contribution < 1.29 is 14.3 Å². The zero-order chi connectivity index (χ0) is 20.8. The van der Waals surface area contributed by atoms with Gasteiger partial charge in [-0.25, -0.2) is 4.68 Å². The van der Waals surface area contributed by atoms with Gasteiger partial charge in [-0.15, -0.1) is 11.8 Å². The van der Waals surface area contributed by atoms with Crippen LogP contribution in [0, 0.1) is 0 Å². The van der Waals surface area contributed by atoms with Gasteiger partial charge < -0.3 is 14.8 Å². The lowest BCUT2D eigenvalue weighted by atomic mass is 10.1. The lowest BCUT2D eigenvalue weighted by Gasteiger charge is -2.12. The van der Waals surface area contributed by atoms with Gasteiger partial charge in [0.1, 0.15) is 18.0 Å². The summed E-state index contributed by atoms with van der Waals surface area (Å²) in [6.45, 7) is -0.206. The number of amides is 1. The average molecular weight is 411 g/mol. The van der Waals surface area contributed by atoms with Crippen LogP contribution < -0.4 is 20.3 Å². The first-order chi connectivity index (χ1) is 14.0. The second-order valence-corrected chi connectivity index (χ2v) is 6.94. The summed E-state index contributed by atoms with van der Waals surface area (Å²) in [6, 6.07) is 15.8. The first kappa shape index (κ1) is 20.5. The summed E-state index contributed by atoms with van der Waals surface area (Å²) in [5.74, 6) is 0.876. The van der Waals surface area contributed by atoms with E-state index < -0.39 is 0 Å². The van der Waals surface area contributed by atoms with Crippen molar-refractivity contribution in [3.05, 3.63) is 65.0 Å². The van der Waals surface area contributed by atoms with E-state index in [2.05, 4.69) is 10.4 Å². The molecule has 0 aliphatic rings. The minimum absolute atomic E-state index is 0.206. The molecule has 1 N–H and O–H groups in total. The van der Waals surface area contributed by atoms with Crippen molar-refractivity contribution in [3.8, 4) is 22.8 Å². The number of rotatable bonds is 7. The monoisotopic (exact) mass is 411 g/mol. The minimum atomic E-state index is -0.372. The molecule has 0 aliphatic carbocycles. The van der Waals surface area contributed by atoms with Crippen molar-refractivity contribution >= 4 is 23.4 Å². The quantitative estimate of drug-likeness (QED) is 0.601. The predicted molar refractivity (Wildman–Crippen MR) is 114 cm³/mol. The number of thioether (sulfide) groups is 1. The van der Waals surface area contributed by atoms with E-state index in [4.69, 9.17) is 9.47 Å². The molecule has 0 atom stereocenters. The summed E-state index contributed by atoms with van der Waals surface area (Å²) in [7, 11) is 3.12. The second-order valence-electron chi connectivity index (χ2n) is 6.06. The first-order valence-electron chi connectivity index (χ1n) is 8.78. The van der Waals surface area contributed by atoms with Crippen LogP contribution in [0.4, 0.5) is 5.69 Å². The molecule has 2 aromatic carbocycles. The number of carbonyl (C=O) groups excluding carboxylic acids is 1. The number of hydrogen-bond donors (Lipinski definition) is 1. The van der Waals surface area contributed by atoms with Crippen molar-refractivity contribution in [3.63, 3.8) is 0 Å². The van der Waals surface area contributed by atoms with Crippen LogP contribution in [0.15, 0.2) is 64.3 Å². The van der Waals surface area contributed by atoms with Gasteiger partial charge in [0.15, 0.2) is 0 Å². The van der Waals surface area contributed by atoms with Crippen LogP contribution in [-0.2, 0) is 11.3 Å². The maximum Gasteiger partial charge on any atom is 0.267 e. The Bertz CT molecular complexity index is 1080. The molecular weight excluding hydrogens is 390 g/mol. The fraction of sp³-hybridized carbons (Fsp3) is 0.190. The molecule has 3 aromatic rings. The lowest BCUT2D eigenvalue weighted by Crippen LogP contribution is -2.29. The van der Waals surface area contributed by atoms with E-state index in [0.717, 1.165) is 9.58 Å². The molecule has 0 saturated carbocycles. The average Bonchev–Trinajstić information content (AvgIpc) is 2.74. The Hall–Kier alpha value is -3.26. The molecule has 0 aliphatic heterocycles. The molecule has 0 radical (unpaired) electrons. The van der Waals surface area contributed by atoms with Crippen molar-refractivity contribution in [1.82, 2.24) is 9.78 Å². The number of carbonyl (C=O) groups is 1. The van der Waals surface area contributed by atoms with E-state index in [0.29, 0.717) is 28.4 Å². The zero-order valence-corrected chi connectivity index (χ0v) is 17.2. The molecule has 0 spiro atoms. The van der Waals surface area contributed by atoms with E-state index in [1.807, 2.05) is 24.5 Å². The van der Waals surface area contributed by atoms with Gasteiger partial charge >= 0.3 is 0 Å². The maximum absolute atomic E-state index is 12.4. The topological polar surface area (TPSA) is 82.5 Å². The van der Waals surface area contributed by atoms with Gasteiger partial charge in [-0.3, -0.25) is 9.59 Å². The van der Waals surface area contributed by atoms with Crippen LogP contribution in [0.25, 0.3) is 11.3 Å². The van der Waals surface area contributed by atoms with Crippen LogP contribution >= 0.6 is 11.8 Å².